The Balaban J connectivity index is 2.49. The van der Waals surface area contributed by atoms with Crippen molar-refractivity contribution in [3.05, 3.63) is 12.7 Å². The maximum Gasteiger partial charge on any atom is 0.323 e. The Morgan fingerprint density at radius 1 is 1.79 bits per heavy atom. The van der Waals surface area contributed by atoms with E-state index in [9.17, 15) is 4.79 Å². The van der Waals surface area contributed by atoms with Crippen LogP contribution >= 0.6 is 0 Å². The van der Waals surface area contributed by atoms with E-state index in [2.05, 4.69) is 11.9 Å². The third-order valence-electron chi connectivity index (χ3n) is 2.38. The molecule has 3 unspecified atom stereocenters. The standard InChI is InChI=1S/C10H17NO3/c1-3-6-11-9(10(12)13)8-5-4-7(2)14-8/h3,7-9,11H,1,4-6H2,2H3,(H,12,13). The molecule has 0 aromatic rings. The molecule has 0 aromatic heterocycles. The molecule has 4 heteroatoms. The van der Waals surface area contributed by atoms with Crippen LogP contribution in [0.25, 0.3) is 0 Å². The van der Waals surface area contributed by atoms with Crippen molar-refractivity contribution in [2.45, 2.75) is 38.0 Å². The molecule has 0 aliphatic carbocycles. The molecule has 2 N–H and O–H groups in total. The summed E-state index contributed by atoms with van der Waals surface area (Å²) in [4.78, 5) is 10.9. The lowest BCUT2D eigenvalue weighted by Gasteiger charge is -2.20. The Morgan fingerprint density at radius 3 is 2.93 bits per heavy atom. The molecule has 0 saturated carbocycles. The van der Waals surface area contributed by atoms with Crippen LogP contribution in [0, 0.1) is 0 Å². The van der Waals surface area contributed by atoms with Crippen LogP contribution in [-0.4, -0.2) is 35.9 Å². The minimum absolute atomic E-state index is 0.174. The molecule has 14 heavy (non-hydrogen) atoms. The van der Waals surface area contributed by atoms with Gasteiger partial charge < -0.3 is 9.84 Å². The summed E-state index contributed by atoms with van der Waals surface area (Å²) in [6.45, 7) is 5.99. The van der Waals surface area contributed by atoms with Crippen molar-refractivity contribution in [1.82, 2.24) is 5.32 Å². The summed E-state index contributed by atoms with van der Waals surface area (Å²) in [5.41, 5.74) is 0. The topological polar surface area (TPSA) is 58.6 Å². The molecule has 1 heterocycles. The molecular formula is C10H17NO3. The van der Waals surface area contributed by atoms with Crippen molar-refractivity contribution in [1.29, 1.82) is 0 Å². The molecule has 0 aromatic carbocycles. The molecule has 1 aliphatic rings. The minimum Gasteiger partial charge on any atom is -0.480 e. The van der Waals surface area contributed by atoms with Gasteiger partial charge in [0.25, 0.3) is 0 Å². The average molecular weight is 199 g/mol. The van der Waals surface area contributed by atoms with Crippen LogP contribution in [0.15, 0.2) is 12.7 Å². The van der Waals surface area contributed by atoms with Gasteiger partial charge in [0.05, 0.1) is 12.2 Å². The summed E-state index contributed by atoms with van der Waals surface area (Å²) in [7, 11) is 0. The highest BCUT2D eigenvalue weighted by atomic mass is 16.5. The third kappa shape index (κ3) is 2.82. The van der Waals surface area contributed by atoms with Gasteiger partial charge in [0.15, 0.2) is 0 Å². The second-order valence-corrected chi connectivity index (χ2v) is 3.58. The first-order valence-corrected chi connectivity index (χ1v) is 4.87. The number of hydrogen-bond donors (Lipinski definition) is 2. The monoisotopic (exact) mass is 199 g/mol. The molecule has 1 fully saturated rings. The van der Waals surface area contributed by atoms with Crippen molar-refractivity contribution in [2.75, 3.05) is 6.54 Å². The number of ether oxygens (including phenoxy) is 1. The first kappa shape index (κ1) is 11.2. The zero-order valence-electron chi connectivity index (χ0n) is 8.40. The number of carboxylic acid groups (broad SMARTS) is 1. The van der Waals surface area contributed by atoms with Gasteiger partial charge in [-0.1, -0.05) is 6.08 Å². The highest BCUT2D eigenvalue weighted by molar-refractivity contribution is 5.74. The molecule has 4 nitrogen and oxygen atoms in total. The van der Waals surface area contributed by atoms with Gasteiger partial charge in [0.2, 0.25) is 0 Å². The van der Waals surface area contributed by atoms with E-state index in [1.54, 1.807) is 6.08 Å². The van der Waals surface area contributed by atoms with Gasteiger partial charge in [-0.2, -0.15) is 0 Å². The van der Waals surface area contributed by atoms with E-state index < -0.39 is 12.0 Å². The maximum atomic E-state index is 10.9. The zero-order valence-corrected chi connectivity index (χ0v) is 8.40. The van der Waals surface area contributed by atoms with Crippen LogP contribution in [0.1, 0.15) is 19.8 Å². The molecule has 1 saturated heterocycles. The van der Waals surface area contributed by atoms with Gasteiger partial charge in [-0.25, -0.2) is 0 Å². The Hall–Kier alpha value is -0.870. The summed E-state index contributed by atoms with van der Waals surface area (Å²) >= 11 is 0. The Bertz CT molecular complexity index is 217. The SMILES string of the molecule is C=CCNC(C(=O)O)C1CCC(C)O1. The molecule has 0 amide bonds. The van der Waals surface area contributed by atoms with Gasteiger partial charge >= 0.3 is 5.97 Å². The highest BCUT2D eigenvalue weighted by Crippen LogP contribution is 2.21. The maximum absolute atomic E-state index is 10.9. The van der Waals surface area contributed by atoms with Crippen molar-refractivity contribution in [3.8, 4) is 0 Å². The molecule has 0 bridgehead atoms. The van der Waals surface area contributed by atoms with E-state index in [4.69, 9.17) is 9.84 Å². The number of nitrogens with one attached hydrogen (secondary N) is 1. The quantitative estimate of drug-likeness (QED) is 0.642. The summed E-state index contributed by atoms with van der Waals surface area (Å²) in [5.74, 6) is -0.856. The van der Waals surface area contributed by atoms with Crippen LogP contribution in [0.3, 0.4) is 0 Å². The van der Waals surface area contributed by atoms with Gasteiger partial charge in [-0.3, -0.25) is 10.1 Å². The van der Waals surface area contributed by atoms with Crippen molar-refractivity contribution in [2.24, 2.45) is 0 Å². The first-order valence-electron chi connectivity index (χ1n) is 4.87. The van der Waals surface area contributed by atoms with Crippen LogP contribution in [0.4, 0.5) is 0 Å². The average Bonchev–Trinajstić information content (AvgIpc) is 2.52. The summed E-state index contributed by atoms with van der Waals surface area (Å²) in [6, 6.07) is -0.613. The Morgan fingerprint density at radius 2 is 2.50 bits per heavy atom. The fraction of sp³-hybridized carbons (Fsp3) is 0.700. The molecule has 0 spiro atoms. The van der Waals surface area contributed by atoms with Gasteiger partial charge in [-0.05, 0) is 19.8 Å². The van der Waals surface area contributed by atoms with Crippen LogP contribution in [0.5, 0.6) is 0 Å². The highest BCUT2D eigenvalue weighted by Gasteiger charge is 2.33. The van der Waals surface area contributed by atoms with E-state index >= 15 is 0 Å². The zero-order chi connectivity index (χ0) is 10.6. The van der Waals surface area contributed by atoms with Crippen molar-refractivity contribution < 1.29 is 14.6 Å². The van der Waals surface area contributed by atoms with E-state index in [-0.39, 0.29) is 12.2 Å². The number of aliphatic carboxylic acids is 1. The van der Waals surface area contributed by atoms with Crippen molar-refractivity contribution in [3.63, 3.8) is 0 Å². The summed E-state index contributed by atoms with van der Waals surface area (Å²) in [6.07, 6.45) is 3.36. The number of carbonyl (C=O) groups is 1. The van der Waals surface area contributed by atoms with Crippen LogP contribution < -0.4 is 5.32 Å². The van der Waals surface area contributed by atoms with Crippen LogP contribution in [-0.2, 0) is 9.53 Å². The first-order chi connectivity index (χ1) is 6.65. The fourth-order valence-corrected chi connectivity index (χ4v) is 1.67. The number of hydrogen-bond acceptors (Lipinski definition) is 3. The molecule has 3 atom stereocenters. The smallest absolute Gasteiger partial charge is 0.323 e. The predicted octanol–water partition coefficient (Wildman–Crippen LogP) is 0.783. The third-order valence-corrected chi connectivity index (χ3v) is 2.38. The van der Waals surface area contributed by atoms with Crippen LogP contribution in [0.2, 0.25) is 0 Å². The summed E-state index contributed by atoms with van der Waals surface area (Å²) in [5, 5.41) is 11.9. The van der Waals surface area contributed by atoms with E-state index in [1.165, 1.54) is 0 Å². The van der Waals surface area contributed by atoms with E-state index in [1.807, 2.05) is 6.92 Å². The summed E-state index contributed by atoms with van der Waals surface area (Å²) < 4.78 is 5.50. The van der Waals surface area contributed by atoms with Gasteiger partial charge in [0, 0.05) is 6.54 Å². The lowest BCUT2D eigenvalue weighted by molar-refractivity contribution is -0.143. The number of carboxylic acids is 1. The normalized spacial score (nSPS) is 28.6. The number of rotatable bonds is 5. The van der Waals surface area contributed by atoms with E-state index in [0.717, 1.165) is 12.8 Å². The second kappa shape index (κ2) is 5.12. The van der Waals surface area contributed by atoms with E-state index in [0.29, 0.717) is 6.54 Å². The predicted molar refractivity (Wildman–Crippen MR) is 53.2 cm³/mol. The molecule has 80 valence electrons. The molecule has 1 rings (SSSR count). The Kier molecular flexibility index (Phi) is 4.10. The molecule has 1 aliphatic heterocycles. The second-order valence-electron chi connectivity index (χ2n) is 3.58. The van der Waals surface area contributed by atoms with Gasteiger partial charge in [0.1, 0.15) is 6.04 Å². The fourth-order valence-electron chi connectivity index (χ4n) is 1.67. The lowest BCUT2D eigenvalue weighted by Crippen LogP contribution is -2.46. The minimum atomic E-state index is -0.856. The Labute approximate surface area is 83.9 Å². The largest absolute Gasteiger partial charge is 0.480 e. The van der Waals surface area contributed by atoms with Crippen molar-refractivity contribution >= 4 is 5.97 Å². The lowest BCUT2D eigenvalue weighted by atomic mass is 10.1. The van der Waals surface area contributed by atoms with Gasteiger partial charge in [-0.15, -0.1) is 6.58 Å². The molecular weight excluding hydrogens is 182 g/mol. The molecule has 0 radical (unpaired) electrons.